The smallest absolute Gasteiger partial charge is 0.262 e. The lowest BCUT2D eigenvalue weighted by molar-refractivity contribution is -0.123. The van der Waals surface area contributed by atoms with Gasteiger partial charge in [0.1, 0.15) is 0 Å². The van der Waals surface area contributed by atoms with E-state index in [2.05, 4.69) is 10.6 Å². The second-order valence-corrected chi connectivity index (χ2v) is 9.69. The molecule has 0 aliphatic rings. The molecule has 1 unspecified atom stereocenters. The van der Waals surface area contributed by atoms with Crippen LogP contribution >= 0.6 is 22.7 Å². The van der Waals surface area contributed by atoms with Crippen LogP contribution in [0, 0.1) is 12.3 Å². The monoisotopic (exact) mass is 412 g/mol. The summed E-state index contributed by atoms with van der Waals surface area (Å²) in [5.41, 5.74) is 1.40. The minimum absolute atomic E-state index is 0.0681. The number of hydrogen-bond donors (Lipinski definition) is 2. The maximum absolute atomic E-state index is 13.0. The van der Waals surface area contributed by atoms with Crippen molar-refractivity contribution in [2.45, 2.75) is 33.7 Å². The van der Waals surface area contributed by atoms with Crippen LogP contribution in [-0.2, 0) is 4.79 Å². The van der Waals surface area contributed by atoms with E-state index in [1.54, 1.807) is 11.3 Å². The van der Waals surface area contributed by atoms with Crippen molar-refractivity contribution in [3.63, 3.8) is 0 Å². The van der Waals surface area contributed by atoms with Gasteiger partial charge in [0.2, 0.25) is 5.91 Å². The van der Waals surface area contributed by atoms with Crippen LogP contribution in [0.15, 0.2) is 53.9 Å². The number of aryl methyl sites for hydroxylation is 1. The molecule has 0 aliphatic carbocycles. The molecule has 0 spiro atoms. The fourth-order valence-corrected chi connectivity index (χ4v) is 4.46. The summed E-state index contributed by atoms with van der Waals surface area (Å²) in [5.74, 6) is -0.206. The van der Waals surface area contributed by atoms with Crippen LogP contribution in [0.1, 0.15) is 52.5 Å². The van der Waals surface area contributed by atoms with Crippen LogP contribution < -0.4 is 10.6 Å². The number of amides is 2. The fourth-order valence-electron chi connectivity index (χ4n) is 2.68. The van der Waals surface area contributed by atoms with E-state index in [-0.39, 0.29) is 17.9 Å². The largest absolute Gasteiger partial charge is 0.340 e. The summed E-state index contributed by atoms with van der Waals surface area (Å²) in [4.78, 5) is 27.0. The molecule has 6 heteroatoms. The lowest BCUT2D eigenvalue weighted by atomic mass is 9.96. The Balaban J connectivity index is 1.82. The molecule has 0 saturated heterocycles. The van der Waals surface area contributed by atoms with Crippen molar-refractivity contribution in [3.8, 4) is 0 Å². The third-order valence-corrected chi connectivity index (χ3v) is 6.37. The number of benzene rings is 1. The van der Waals surface area contributed by atoms with Crippen LogP contribution in [0.3, 0.4) is 0 Å². The molecule has 1 atom stereocenters. The first-order valence-corrected chi connectivity index (χ1v) is 10.8. The highest BCUT2D eigenvalue weighted by atomic mass is 32.1. The topological polar surface area (TPSA) is 58.2 Å². The van der Waals surface area contributed by atoms with E-state index in [4.69, 9.17) is 0 Å². The lowest BCUT2D eigenvalue weighted by Gasteiger charge is -2.18. The molecule has 4 nitrogen and oxygen atoms in total. The summed E-state index contributed by atoms with van der Waals surface area (Å²) in [7, 11) is 0. The Labute approximate surface area is 173 Å². The molecule has 28 heavy (non-hydrogen) atoms. The van der Waals surface area contributed by atoms with Crippen LogP contribution in [0.5, 0.6) is 0 Å². The van der Waals surface area contributed by atoms with Gasteiger partial charge in [-0.15, -0.1) is 22.7 Å². The summed E-state index contributed by atoms with van der Waals surface area (Å²) in [6, 6.07) is 15.6. The molecule has 2 heterocycles. The van der Waals surface area contributed by atoms with Gasteiger partial charge in [-0.05, 0) is 35.6 Å². The van der Waals surface area contributed by atoms with Gasteiger partial charge in [-0.1, -0.05) is 57.2 Å². The van der Waals surface area contributed by atoms with Gasteiger partial charge in [0.05, 0.1) is 15.9 Å². The Bertz CT molecular complexity index is 954. The van der Waals surface area contributed by atoms with E-state index in [9.17, 15) is 9.59 Å². The van der Waals surface area contributed by atoms with Crippen molar-refractivity contribution >= 4 is 39.5 Å². The number of hydrogen-bond acceptors (Lipinski definition) is 4. The van der Waals surface area contributed by atoms with Crippen LogP contribution in [0.2, 0.25) is 0 Å². The Kier molecular flexibility index (Phi) is 6.01. The van der Waals surface area contributed by atoms with Crippen molar-refractivity contribution in [2.24, 2.45) is 5.41 Å². The van der Waals surface area contributed by atoms with Crippen molar-refractivity contribution in [1.29, 1.82) is 0 Å². The highest BCUT2D eigenvalue weighted by Gasteiger charge is 2.24. The third-order valence-electron chi connectivity index (χ3n) is 4.28. The first-order chi connectivity index (χ1) is 13.3. The van der Waals surface area contributed by atoms with Gasteiger partial charge in [0, 0.05) is 10.3 Å². The second-order valence-electron chi connectivity index (χ2n) is 7.66. The quantitative estimate of drug-likeness (QED) is 0.571. The Morgan fingerprint density at radius 3 is 2.36 bits per heavy atom. The number of carbonyl (C=O) groups excluding carboxylic acids is 2. The minimum Gasteiger partial charge on any atom is -0.340 e. The molecule has 146 valence electrons. The fraction of sp³-hybridized carbons (Fsp3) is 0.273. The van der Waals surface area contributed by atoms with E-state index in [0.717, 1.165) is 16.0 Å². The van der Waals surface area contributed by atoms with E-state index in [1.165, 1.54) is 11.3 Å². The van der Waals surface area contributed by atoms with Gasteiger partial charge in [0.15, 0.2) is 0 Å². The molecule has 0 radical (unpaired) electrons. The lowest BCUT2D eigenvalue weighted by Crippen LogP contribution is -2.28. The molecule has 3 aromatic rings. The molecule has 0 bridgehead atoms. The highest BCUT2D eigenvalue weighted by molar-refractivity contribution is 7.18. The van der Waals surface area contributed by atoms with Crippen LogP contribution in [0.25, 0.3) is 0 Å². The van der Waals surface area contributed by atoms with Crippen LogP contribution in [0.4, 0.5) is 5.00 Å². The van der Waals surface area contributed by atoms with Crippen molar-refractivity contribution in [1.82, 2.24) is 5.32 Å². The van der Waals surface area contributed by atoms with E-state index in [0.29, 0.717) is 9.88 Å². The summed E-state index contributed by atoms with van der Waals surface area (Å²) < 4.78 is 0. The molecule has 0 saturated carbocycles. The van der Waals surface area contributed by atoms with Crippen molar-refractivity contribution in [3.05, 3.63) is 74.8 Å². The van der Waals surface area contributed by atoms with E-state index >= 15 is 0 Å². The number of rotatable bonds is 5. The molecule has 2 aromatic heterocycles. The summed E-state index contributed by atoms with van der Waals surface area (Å²) in [6.07, 6.45) is 0. The number of anilines is 1. The minimum atomic E-state index is -0.488. The Morgan fingerprint density at radius 1 is 1.04 bits per heavy atom. The van der Waals surface area contributed by atoms with Crippen molar-refractivity contribution in [2.75, 3.05) is 5.32 Å². The van der Waals surface area contributed by atoms with Gasteiger partial charge >= 0.3 is 0 Å². The van der Waals surface area contributed by atoms with Gasteiger partial charge in [-0.2, -0.15) is 0 Å². The zero-order valence-electron chi connectivity index (χ0n) is 16.4. The summed E-state index contributed by atoms with van der Waals surface area (Å²) >= 11 is 2.92. The molecule has 2 N–H and O–H groups in total. The Morgan fingerprint density at radius 2 is 1.75 bits per heavy atom. The molecule has 1 aromatic carbocycles. The SMILES string of the molecule is Cc1cc(NC(=O)C(C)(C)C)sc1C(=O)NC(c1ccccc1)c1cccs1. The predicted molar refractivity (Wildman–Crippen MR) is 117 cm³/mol. The number of nitrogens with one attached hydrogen (secondary N) is 2. The average molecular weight is 413 g/mol. The number of thiophene rings is 2. The van der Waals surface area contributed by atoms with Gasteiger partial charge in [-0.25, -0.2) is 0 Å². The first-order valence-electron chi connectivity index (χ1n) is 9.07. The molecule has 2 amide bonds. The van der Waals surface area contributed by atoms with Gasteiger partial charge < -0.3 is 10.6 Å². The van der Waals surface area contributed by atoms with E-state index in [1.807, 2.05) is 81.6 Å². The van der Waals surface area contributed by atoms with E-state index < -0.39 is 5.41 Å². The van der Waals surface area contributed by atoms with Crippen molar-refractivity contribution < 1.29 is 9.59 Å². The summed E-state index contributed by atoms with van der Waals surface area (Å²) in [6.45, 7) is 7.48. The zero-order valence-corrected chi connectivity index (χ0v) is 18.0. The maximum atomic E-state index is 13.0. The highest BCUT2D eigenvalue weighted by Crippen LogP contribution is 2.31. The molecule has 3 rings (SSSR count). The second kappa shape index (κ2) is 8.29. The zero-order chi connectivity index (χ0) is 20.3. The van der Waals surface area contributed by atoms with Gasteiger partial charge in [0.25, 0.3) is 5.91 Å². The first kappa shape index (κ1) is 20.3. The number of carbonyl (C=O) groups is 2. The van der Waals surface area contributed by atoms with Crippen LogP contribution in [-0.4, -0.2) is 11.8 Å². The summed E-state index contributed by atoms with van der Waals surface area (Å²) in [5, 5.41) is 8.77. The molecular formula is C22H24N2O2S2. The molecule has 0 aliphatic heterocycles. The maximum Gasteiger partial charge on any atom is 0.262 e. The third kappa shape index (κ3) is 4.69. The molecular weight excluding hydrogens is 388 g/mol. The average Bonchev–Trinajstić information content (AvgIpc) is 3.29. The normalized spacial score (nSPS) is 12.4. The van der Waals surface area contributed by atoms with Gasteiger partial charge in [-0.3, -0.25) is 9.59 Å². The predicted octanol–water partition coefficient (Wildman–Crippen LogP) is 5.62. The molecule has 0 fully saturated rings. The Hall–Kier alpha value is -2.44. The standard InChI is InChI=1S/C22H24N2O2S2/c1-14-13-17(23-21(26)22(2,3)4)28-19(14)20(25)24-18(16-11-8-12-27-16)15-9-6-5-7-10-15/h5-13,18H,1-4H3,(H,23,26)(H,24,25).